The Bertz CT molecular complexity index is 614. The standard InChI is InChI=1S/C16H13BrO2/c1-2-9-19-14-7-3-5-12(10-14)15-8-4-6-13(11-18)16(15)17/h1,3-8,10,18H,9,11H2. The van der Waals surface area contributed by atoms with Crippen LogP contribution in [0.3, 0.4) is 0 Å². The average Bonchev–Trinajstić information content (AvgIpc) is 2.45. The first-order chi connectivity index (χ1) is 9.26. The van der Waals surface area contributed by atoms with Crippen LogP contribution in [0.25, 0.3) is 11.1 Å². The van der Waals surface area contributed by atoms with Gasteiger partial charge < -0.3 is 9.84 Å². The van der Waals surface area contributed by atoms with Crippen LogP contribution in [0.1, 0.15) is 5.56 Å². The molecule has 0 saturated carbocycles. The van der Waals surface area contributed by atoms with Crippen LogP contribution in [0, 0.1) is 12.3 Å². The predicted octanol–water partition coefficient (Wildman–Crippen LogP) is 3.62. The highest BCUT2D eigenvalue weighted by Gasteiger charge is 2.07. The first kappa shape index (κ1) is 13.7. The molecule has 0 aromatic heterocycles. The first-order valence-electron chi connectivity index (χ1n) is 5.81. The van der Waals surface area contributed by atoms with E-state index in [0.717, 1.165) is 26.9 Å². The molecule has 0 atom stereocenters. The maximum atomic E-state index is 9.28. The second-order valence-electron chi connectivity index (χ2n) is 3.96. The van der Waals surface area contributed by atoms with Crippen LogP contribution < -0.4 is 4.74 Å². The third kappa shape index (κ3) is 3.17. The summed E-state index contributed by atoms with van der Waals surface area (Å²) in [7, 11) is 0. The van der Waals surface area contributed by atoms with Crippen LogP contribution in [-0.2, 0) is 6.61 Å². The molecule has 2 rings (SSSR count). The van der Waals surface area contributed by atoms with Gasteiger partial charge in [-0.1, -0.05) is 36.3 Å². The quantitative estimate of drug-likeness (QED) is 0.873. The maximum Gasteiger partial charge on any atom is 0.148 e. The summed E-state index contributed by atoms with van der Waals surface area (Å²) in [6.45, 7) is 0.253. The summed E-state index contributed by atoms with van der Waals surface area (Å²) in [5.41, 5.74) is 2.88. The number of ether oxygens (including phenoxy) is 1. The van der Waals surface area contributed by atoms with E-state index in [1.807, 2.05) is 42.5 Å². The molecule has 0 aliphatic heterocycles. The minimum atomic E-state index is 0.00169. The molecule has 0 fully saturated rings. The van der Waals surface area contributed by atoms with Crippen LogP contribution in [0.4, 0.5) is 0 Å². The lowest BCUT2D eigenvalue weighted by Gasteiger charge is -2.10. The highest BCUT2D eigenvalue weighted by Crippen LogP contribution is 2.32. The molecule has 0 radical (unpaired) electrons. The van der Waals surface area contributed by atoms with Gasteiger partial charge in [0.2, 0.25) is 0 Å². The lowest BCUT2D eigenvalue weighted by Crippen LogP contribution is -1.94. The second-order valence-corrected chi connectivity index (χ2v) is 4.75. The smallest absolute Gasteiger partial charge is 0.148 e. The minimum absolute atomic E-state index is 0.00169. The Kier molecular flexibility index (Phi) is 4.62. The molecule has 0 unspecified atom stereocenters. The predicted molar refractivity (Wildman–Crippen MR) is 79.8 cm³/mol. The Morgan fingerprint density at radius 1 is 1.21 bits per heavy atom. The zero-order chi connectivity index (χ0) is 13.7. The SMILES string of the molecule is C#CCOc1cccc(-c2cccc(CO)c2Br)c1. The summed E-state index contributed by atoms with van der Waals surface area (Å²) < 4.78 is 6.31. The zero-order valence-electron chi connectivity index (χ0n) is 10.3. The van der Waals surface area contributed by atoms with E-state index in [4.69, 9.17) is 11.2 Å². The van der Waals surface area contributed by atoms with Crippen molar-refractivity contribution in [2.45, 2.75) is 6.61 Å². The van der Waals surface area contributed by atoms with Gasteiger partial charge >= 0.3 is 0 Å². The van der Waals surface area contributed by atoms with Crippen LogP contribution >= 0.6 is 15.9 Å². The highest BCUT2D eigenvalue weighted by molar-refractivity contribution is 9.10. The number of hydrogen-bond donors (Lipinski definition) is 1. The number of benzene rings is 2. The minimum Gasteiger partial charge on any atom is -0.481 e. The second kappa shape index (κ2) is 6.42. The normalized spacial score (nSPS) is 9.95. The van der Waals surface area contributed by atoms with E-state index in [9.17, 15) is 5.11 Å². The zero-order valence-corrected chi connectivity index (χ0v) is 11.9. The maximum absolute atomic E-state index is 9.28. The van der Waals surface area contributed by atoms with Crippen molar-refractivity contribution < 1.29 is 9.84 Å². The molecule has 0 spiro atoms. The van der Waals surface area contributed by atoms with Gasteiger partial charge in [0.05, 0.1) is 6.61 Å². The van der Waals surface area contributed by atoms with Crippen molar-refractivity contribution in [2.24, 2.45) is 0 Å². The molecule has 0 aliphatic carbocycles. The van der Waals surface area contributed by atoms with Gasteiger partial charge in [-0.2, -0.15) is 0 Å². The average molecular weight is 317 g/mol. The number of terminal acetylenes is 1. The molecule has 0 bridgehead atoms. The van der Waals surface area contributed by atoms with Crippen LogP contribution in [0.2, 0.25) is 0 Å². The summed E-state index contributed by atoms with van der Waals surface area (Å²) in [5.74, 6) is 3.17. The molecule has 96 valence electrons. The van der Waals surface area contributed by atoms with Gasteiger partial charge in [-0.25, -0.2) is 0 Å². The molecule has 0 heterocycles. The van der Waals surface area contributed by atoms with Crippen molar-refractivity contribution in [1.82, 2.24) is 0 Å². The third-order valence-electron chi connectivity index (χ3n) is 2.72. The molecule has 1 N–H and O–H groups in total. The Morgan fingerprint density at radius 3 is 2.74 bits per heavy atom. The fraction of sp³-hybridized carbons (Fsp3) is 0.125. The van der Waals surface area contributed by atoms with Crippen molar-refractivity contribution in [3.05, 3.63) is 52.5 Å². The molecular weight excluding hydrogens is 304 g/mol. The number of hydrogen-bond acceptors (Lipinski definition) is 2. The van der Waals surface area contributed by atoms with E-state index < -0.39 is 0 Å². The van der Waals surface area contributed by atoms with Crippen LogP contribution in [-0.4, -0.2) is 11.7 Å². The Labute approximate surface area is 121 Å². The van der Waals surface area contributed by atoms with Crippen molar-refractivity contribution >= 4 is 15.9 Å². The fourth-order valence-electron chi connectivity index (χ4n) is 1.80. The molecular formula is C16H13BrO2. The lowest BCUT2D eigenvalue weighted by atomic mass is 10.0. The third-order valence-corrected chi connectivity index (χ3v) is 3.65. The molecule has 0 aliphatic rings. The summed E-state index contributed by atoms with van der Waals surface area (Å²) in [4.78, 5) is 0. The highest BCUT2D eigenvalue weighted by atomic mass is 79.9. The Hall–Kier alpha value is -1.76. The van der Waals surface area contributed by atoms with Crippen LogP contribution in [0.15, 0.2) is 46.9 Å². The molecule has 2 aromatic rings. The van der Waals surface area contributed by atoms with Gasteiger partial charge in [0.15, 0.2) is 0 Å². The van der Waals surface area contributed by atoms with E-state index in [2.05, 4.69) is 21.9 Å². The molecule has 3 heteroatoms. The van der Waals surface area contributed by atoms with Crippen molar-refractivity contribution in [1.29, 1.82) is 0 Å². The summed E-state index contributed by atoms with van der Waals surface area (Å²) in [6, 6.07) is 13.5. The summed E-state index contributed by atoms with van der Waals surface area (Å²) >= 11 is 3.52. The number of aliphatic hydroxyl groups is 1. The van der Waals surface area contributed by atoms with Crippen LogP contribution in [0.5, 0.6) is 5.75 Å². The van der Waals surface area contributed by atoms with E-state index in [1.165, 1.54) is 0 Å². The molecule has 2 aromatic carbocycles. The van der Waals surface area contributed by atoms with Gasteiger partial charge in [-0.3, -0.25) is 0 Å². The molecule has 19 heavy (non-hydrogen) atoms. The fourth-order valence-corrected chi connectivity index (χ4v) is 2.42. The largest absolute Gasteiger partial charge is 0.481 e. The lowest BCUT2D eigenvalue weighted by molar-refractivity contribution is 0.281. The van der Waals surface area contributed by atoms with E-state index in [-0.39, 0.29) is 13.2 Å². The van der Waals surface area contributed by atoms with E-state index >= 15 is 0 Å². The van der Waals surface area contributed by atoms with Gasteiger partial charge in [0.25, 0.3) is 0 Å². The number of rotatable bonds is 4. The van der Waals surface area contributed by atoms with Crippen molar-refractivity contribution in [2.75, 3.05) is 6.61 Å². The van der Waals surface area contributed by atoms with Gasteiger partial charge in [-0.05, 0) is 44.8 Å². The first-order valence-corrected chi connectivity index (χ1v) is 6.60. The van der Waals surface area contributed by atoms with Gasteiger partial charge in [-0.15, -0.1) is 6.42 Å². The van der Waals surface area contributed by atoms with Crippen molar-refractivity contribution in [3.8, 4) is 29.2 Å². The molecule has 0 saturated heterocycles. The molecule has 2 nitrogen and oxygen atoms in total. The molecule has 0 amide bonds. The summed E-state index contributed by atoms with van der Waals surface area (Å²) in [5, 5.41) is 9.28. The van der Waals surface area contributed by atoms with Gasteiger partial charge in [0.1, 0.15) is 12.4 Å². The van der Waals surface area contributed by atoms with E-state index in [0.29, 0.717) is 0 Å². The number of aliphatic hydroxyl groups excluding tert-OH is 1. The van der Waals surface area contributed by atoms with E-state index in [1.54, 1.807) is 0 Å². The monoisotopic (exact) mass is 316 g/mol. The Morgan fingerprint density at radius 2 is 2.00 bits per heavy atom. The van der Waals surface area contributed by atoms with Crippen molar-refractivity contribution in [3.63, 3.8) is 0 Å². The van der Waals surface area contributed by atoms with Gasteiger partial charge in [0, 0.05) is 4.47 Å². The number of halogens is 1. The summed E-state index contributed by atoms with van der Waals surface area (Å²) in [6.07, 6.45) is 5.18. The topological polar surface area (TPSA) is 29.5 Å². The Balaban J connectivity index is 2.39.